The van der Waals surface area contributed by atoms with Crippen LogP contribution in [0.1, 0.15) is 54.4 Å². The van der Waals surface area contributed by atoms with E-state index in [1.165, 1.54) is 19.3 Å². The smallest absolute Gasteiger partial charge is 0.172 e. The molecule has 4 saturated carbocycles. The number of phenolic OH excluding ortho intramolecular Hbond substituents is 1. The van der Waals surface area contributed by atoms with Gasteiger partial charge in [0.2, 0.25) is 0 Å². The lowest BCUT2D eigenvalue weighted by molar-refractivity contribution is -0.0354. The maximum Gasteiger partial charge on any atom is 0.172 e. The van der Waals surface area contributed by atoms with Gasteiger partial charge in [0.15, 0.2) is 5.78 Å². The van der Waals surface area contributed by atoms with Crippen molar-refractivity contribution in [3.63, 3.8) is 0 Å². The molecular weight excluding hydrogens is 248 g/mol. The lowest BCUT2D eigenvalue weighted by Gasteiger charge is -2.56. The molecule has 2 heteroatoms. The average Bonchev–Trinajstić information content (AvgIpc) is 2.36. The number of Topliss-reactive ketones (excluding diaryl/α,β-unsaturated/α-hetero) is 1. The van der Waals surface area contributed by atoms with Crippen molar-refractivity contribution in [2.24, 2.45) is 23.2 Å². The summed E-state index contributed by atoms with van der Waals surface area (Å²) in [5.74, 6) is 2.67. The summed E-state index contributed by atoms with van der Waals surface area (Å²) in [5.41, 5.74) is 1.41. The highest BCUT2D eigenvalue weighted by molar-refractivity contribution is 6.03. The van der Waals surface area contributed by atoms with Crippen LogP contribution in [0.5, 0.6) is 5.75 Å². The Morgan fingerprint density at radius 2 is 1.65 bits per heavy atom. The van der Waals surface area contributed by atoms with Gasteiger partial charge in [-0.2, -0.15) is 0 Å². The fourth-order valence-corrected chi connectivity index (χ4v) is 5.51. The second-order valence-corrected chi connectivity index (χ2v) is 7.55. The molecule has 4 fully saturated rings. The molecule has 1 aromatic carbocycles. The molecule has 0 radical (unpaired) electrons. The number of carbonyl (C=O) groups is 1. The SMILES string of the molecule is Cc1ccc(C(=O)C23CC4CC(CC(C4)C2)C3)c(O)c1. The molecule has 0 saturated heterocycles. The zero-order valence-corrected chi connectivity index (χ0v) is 12.1. The maximum atomic E-state index is 13.1. The van der Waals surface area contributed by atoms with Gasteiger partial charge in [0, 0.05) is 5.41 Å². The fourth-order valence-electron chi connectivity index (χ4n) is 5.51. The zero-order chi connectivity index (χ0) is 13.9. The molecule has 0 heterocycles. The van der Waals surface area contributed by atoms with Gasteiger partial charge in [0.25, 0.3) is 0 Å². The van der Waals surface area contributed by atoms with E-state index in [0.717, 1.165) is 42.6 Å². The van der Waals surface area contributed by atoms with Gasteiger partial charge < -0.3 is 5.11 Å². The van der Waals surface area contributed by atoms with E-state index >= 15 is 0 Å². The van der Waals surface area contributed by atoms with E-state index in [9.17, 15) is 9.90 Å². The molecular formula is C18H22O2. The van der Waals surface area contributed by atoms with E-state index in [0.29, 0.717) is 5.56 Å². The zero-order valence-electron chi connectivity index (χ0n) is 12.1. The van der Waals surface area contributed by atoms with E-state index < -0.39 is 0 Å². The number of hydrogen-bond donors (Lipinski definition) is 1. The summed E-state index contributed by atoms with van der Waals surface area (Å²) in [7, 11) is 0. The van der Waals surface area contributed by atoms with Gasteiger partial charge in [-0.15, -0.1) is 0 Å². The summed E-state index contributed by atoms with van der Waals surface area (Å²) >= 11 is 0. The number of benzene rings is 1. The molecule has 1 N–H and O–H groups in total. The number of phenols is 1. The van der Waals surface area contributed by atoms with Crippen LogP contribution in [-0.2, 0) is 0 Å². The molecule has 4 bridgehead atoms. The second-order valence-electron chi connectivity index (χ2n) is 7.55. The van der Waals surface area contributed by atoms with Crippen LogP contribution in [0.3, 0.4) is 0 Å². The Bertz CT molecular complexity index is 537. The molecule has 0 unspecified atom stereocenters. The lowest BCUT2D eigenvalue weighted by Crippen LogP contribution is -2.50. The highest BCUT2D eigenvalue weighted by atomic mass is 16.3. The number of rotatable bonds is 2. The van der Waals surface area contributed by atoms with Gasteiger partial charge in [0.05, 0.1) is 5.56 Å². The normalized spacial score (nSPS) is 38.1. The molecule has 1 aromatic rings. The van der Waals surface area contributed by atoms with Crippen molar-refractivity contribution >= 4 is 5.78 Å². The summed E-state index contributed by atoms with van der Waals surface area (Å²) in [6.45, 7) is 1.94. The number of ketones is 1. The van der Waals surface area contributed by atoms with Crippen LogP contribution in [0.4, 0.5) is 0 Å². The predicted molar refractivity (Wildman–Crippen MR) is 77.8 cm³/mol. The Morgan fingerprint density at radius 1 is 1.10 bits per heavy atom. The fraction of sp³-hybridized carbons (Fsp3) is 0.611. The number of aryl methyl sites for hydroxylation is 1. The molecule has 0 spiro atoms. The molecule has 0 aliphatic heterocycles. The predicted octanol–water partition coefficient (Wildman–Crippen LogP) is 4.10. The molecule has 106 valence electrons. The van der Waals surface area contributed by atoms with Crippen LogP contribution >= 0.6 is 0 Å². The lowest BCUT2D eigenvalue weighted by atomic mass is 9.48. The minimum atomic E-state index is -0.151. The summed E-state index contributed by atoms with van der Waals surface area (Å²) in [5, 5.41) is 10.1. The quantitative estimate of drug-likeness (QED) is 0.821. The second kappa shape index (κ2) is 4.09. The Balaban J connectivity index is 1.71. The first-order valence-electron chi connectivity index (χ1n) is 7.90. The first-order valence-corrected chi connectivity index (χ1v) is 7.90. The monoisotopic (exact) mass is 270 g/mol. The average molecular weight is 270 g/mol. The van der Waals surface area contributed by atoms with E-state index in [4.69, 9.17) is 0 Å². The topological polar surface area (TPSA) is 37.3 Å². The van der Waals surface area contributed by atoms with Crippen LogP contribution in [0.25, 0.3) is 0 Å². The van der Waals surface area contributed by atoms with Crippen LogP contribution in [0.15, 0.2) is 18.2 Å². The molecule has 5 rings (SSSR count). The molecule has 4 aliphatic rings. The third-order valence-electron chi connectivity index (χ3n) is 5.92. The molecule has 4 aliphatic carbocycles. The first-order chi connectivity index (χ1) is 9.56. The Labute approximate surface area is 120 Å². The van der Waals surface area contributed by atoms with E-state index in [2.05, 4.69) is 0 Å². The van der Waals surface area contributed by atoms with Crippen LogP contribution in [0.2, 0.25) is 0 Å². The van der Waals surface area contributed by atoms with E-state index in [1.54, 1.807) is 6.07 Å². The summed E-state index contributed by atoms with van der Waals surface area (Å²) in [6, 6.07) is 5.48. The van der Waals surface area contributed by atoms with Gasteiger partial charge in [-0.25, -0.2) is 0 Å². The number of carbonyl (C=O) groups excluding carboxylic acids is 1. The van der Waals surface area contributed by atoms with Crippen molar-refractivity contribution in [1.29, 1.82) is 0 Å². The largest absolute Gasteiger partial charge is 0.507 e. The third-order valence-corrected chi connectivity index (χ3v) is 5.92. The van der Waals surface area contributed by atoms with Crippen LogP contribution in [-0.4, -0.2) is 10.9 Å². The van der Waals surface area contributed by atoms with Crippen molar-refractivity contribution in [1.82, 2.24) is 0 Å². The summed E-state index contributed by atoms with van der Waals surface area (Å²) in [6.07, 6.45) is 7.20. The van der Waals surface area contributed by atoms with Gasteiger partial charge in [-0.1, -0.05) is 6.07 Å². The highest BCUT2D eigenvalue weighted by Gasteiger charge is 2.54. The third kappa shape index (κ3) is 1.73. The van der Waals surface area contributed by atoms with E-state index in [1.807, 2.05) is 19.1 Å². The summed E-state index contributed by atoms with van der Waals surface area (Å²) in [4.78, 5) is 13.1. The van der Waals surface area contributed by atoms with Gasteiger partial charge in [-0.05, 0) is 80.9 Å². The first kappa shape index (κ1) is 12.4. The van der Waals surface area contributed by atoms with Crippen molar-refractivity contribution in [3.8, 4) is 5.75 Å². The maximum absolute atomic E-state index is 13.1. The minimum absolute atomic E-state index is 0.151. The van der Waals surface area contributed by atoms with Crippen molar-refractivity contribution < 1.29 is 9.90 Å². The summed E-state index contributed by atoms with van der Waals surface area (Å²) < 4.78 is 0. The number of hydrogen-bond acceptors (Lipinski definition) is 2. The Morgan fingerprint density at radius 3 is 2.15 bits per heavy atom. The standard InChI is InChI=1S/C18H22O2/c1-11-2-3-15(16(19)4-11)17(20)18-8-12-5-13(9-18)7-14(6-12)10-18/h2-4,12-14,19H,5-10H2,1H3. The molecule has 0 atom stereocenters. The van der Waals surface area contributed by atoms with Gasteiger partial charge >= 0.3 is 0 Å². The van der Waals surface area contributed by atoms with Crippen molar-refractivity contribution in [2.45, 2.75) is 45.4 Å². The van der Waals surface area contributed by atoms with E-state index in [-0.39, 0.29) is 16.9 Å². The Kier molecular flexibility index (Phi) is 2.55. The Hall–Kier alpha value is -1.31. The van der Waals surface area contributed by atoms with Gasteiger partial charge in [-0.3, -0.25) is 4.79 Å². The van der Waals surface area contributed by atoms with Crippen molar-refractivity contribution in [3.05, 3.63) is 29.3 Å². The van der Waals surface area contributed by atoms with Crippen LogP contribution < -0.4 is 0 Å². The van der Waals surface area contributed by atoms with Crippen molar-refractivity contribution in [2.75, 3.05) is 0 Å². The highest BCUT2D eigenvalue weighted by Crippen LogP contribution is 2.61. The van der Waals surface area contributed by atoms with Gasteiger partial charge in [0.1, 0.15) is 5.75 Å². The minimum Gasteiger partial charge on any atom is -0.507 e. The molecule has 20 heavy (non-hydrogen) atoms. The molecule has 2 nitrogen and oxygen atoms in total. The number of aromatic hydroxyl groups is 1. The van der Waals surface area contributed by atoms with Crippen LogP contribution in [0, 0.1) is 30.1 Å². The molecule has 0 amide bonds. The molecule has 0 aromatic heterocycles.